The molecule has 1 aliphatic rings. The zero-order valence-corrected chi connectivity index (χ0v) is 10.9. The highest BCUT2D eigenvalue weighted by Gasteiger charge is 2.27. The second-order valence-corrected chi connectivity index (χ2v) is 4.70. The van der Waals surface area contributed by atoms with E-state index in [1.807, 2.05) is 4.57 Å². The quantitative estimate of drug-likeness (QED) is 0.836. The predicted octanol–water partition coefficient (Wildman–Crippen LogP) is 1.16. The minimum Gasteiger partial charge on any atom is -0.384 e. The van der Waals surface area contributed by atoms with Crippen molar-refractivity contribution in [2.24, 2.45) is 0 Å². The predicted molar refractivity (Wildman–Crippen MR) is 71.4 cm³/mol. The lowest BCUT2D eigenvalue weighted by atomic mass is 10.3. The van der Waals surface area contributed by atoms with E-state index >= 15 is 0 Å². The van der Waals surface area contributed by atoms with Crippen LogP contribution in [0.5, 0.6) is 0 Å². The number of nitrogens with two attached hydrogens (primary N) is 1. The average molecular weight is 259 g/mol. The molecule has 0 bridgehead atoms. The first-order valence-electron chi connectivity index (χ1n) is 6.51. The zero-order chi connectivity index (χ0) is 13.2. The van der Waals surface area contributed by atoms with Gasteiger partial charge in [-0.05, 0) is 19.8 Å². The number of nitrogen functional groups attached to an aromatic ring is 1. The molecule has 0 atom stereocenters. The van der Waals surface area contributed by atoms with Crippen molar-refractivity contribution in [2.75, 3.05) is 11.1 Å². The first kappa shape index (κ1) is 11.9. The second-order valence-electron chi connectivity index (χ2n) is 4.70. The molecular formula is C12H17N7. The molecule has 2 heterocycles. The van der Waals surface area contributed by atoms with Crippen LogP contribution in [0.25, 0.3) is 0 Å². The second kappa shape index (κ2) is 4.83. The van der Waals surface area contributed by atoms with E-state index in [0.717, 1.165) is 36.9 Å². The molecule has 100 valence electrons. The number of aryl methyl sites for hydroxylation is 1. The maximum atomic E-state index is 5.81. The van der Waals surface area contributed by atoms with Crippen molar-refractivity contribution < 1.29 is 0 Å². The molecule has 1 fully saturated rings. The molecule has 0 saturated heterocycles. The Morgan fingerprint density at radius 2 is 2.26 bits per heavy atom. The molecule has 3 N–H and O–H groups in total. The number of rotatable bonds is 5. The molecule has 0 aliphatic heterocycles. The minimum absolute atomic E-state index is 0.489. The largest absolute Gasteiger partial charge is 0.384 e. The molecule has 2 aromatic heterocycles. The highest BCUT2D eigenvalue weighted by atomic mass is 15.3. The SMILES string of the molecule is CCn1cnnc1CNc1cc(N)nc(C2CC2)n1. The summed E-state index contributed by atoms with van der Waals surface area (Å²) in [6.45, 7) is 3.48. The van der Waals surface area contributed by atoms with Crippen molar-refractivity contribution in [2.45, 2.75) is 38.8 Å². The van der Waals surface area contributed by atoms with E-state index < -0.39 is 0 Å². The van der Waals surface area contributed by atoms with Crippen molar-refractivity contribution in [1.82, 2.24) is 24.7 Å². The molecule has 0 unspecified atom stereocenters. The van der Waals surface area contributed by atoms with Crippen molar-refractivity contribution >= 4 is 11.6 Å². The molecule has 0 aromatic carbocycles. The standard InChI is InChI=1S/C12H17N7/c1-2-19-7-15-18-11(19)6-14-10-5-9(13)16-12(17-10)8-3-4-8/h5,7-8H,2-4,6H2,1H3,(H3,13,14,16,17). The fourth-order valence-corrected chi connectivity index (χ4v) is 1.95. The summed E-state index contributed by atoms with van der Waals surface area (Å²) in [5.74, 6) is 3.48. The van der Waals surface area contributed by atoms with Gasteiger partial charge >= 0.3 is 0 Å². The van der Waals surface area contributed by atoms with Crippen molar-refractivity contribution in [3.63, 3.8) is 0 Å². The van der Waals surface area contributed by atoms with Crippen LogP contribution in [-0.2, 0) is 13.1 Å². The van der Waals surface area contributed by atoms with Crippen molar-refractivity contribution in [1.29, 1.82) is 0 Å². The lowest BCUT2D eigenvalue weighted by Crippen LogP contribution is -2.10. The van der Waals surface area contributed by atoms with E-state index in [0.29, 0.717) is 18.3 Å². The molecular weight excluding hydrogens is 242 g/mol. The number of aromatic nitrogens is 5. The van der Waals surface area contributed by atoms with Crippen LogP contribution in [0.3, 0.4) is 0 Å². The van der Waals surface area contributed by atoms with Gasteiger partial charge in [-0.15, -0.1) is 10.2 Å². The van der Waals surface area contributed by atoms with Crippen LogP contribution in [0.4, 0.5) is 11.6 Å². The van der Waals surface area contributed by atoms with Crippen LogP contribution in [-0.4, -0.2) is 24.7 Å². The van der Waals surface area contributed by atoms with E-state index in [1.54, 1.807) is 12.4 Å². The lowest BCUT2D eigenvalue weighted by molar-refractivity contribution is 0.707. The van der Waals surface area contributed by atoms with Crippen LogP contribution in [0.1, 0.15) is 37.3 Å². The molecule has 19 heavy (non-hydrogen) atoms. The molecule has 0 amide bonds. The van der Waals surface area contributed by atoms with Crippen molar-refractivity contribution in [3.05, 3.63) is 24.0 Å². The van der Waals surface area contributed by atoms with Gasteiger partial charge in [0.15, 0.2) is 5.82 Å². The van der Waals surface area contributed by atoms with Gasteiger partial charge in [0, 0.05) is 18.5 Å². The molecule has 0 spiro atoms. The van der Waals surface area contributed by atoms with Gasteiger partial charge in [0.1, 0.15) is 23.8 Å². The van der Waals surface area contributed by atoms with Gasteiger partial charge < -0.3 is 15.6 Å². The van der Waals surface area contributed by atoms with E-state index in [4.69, 9.17) is 5.73 Å². The van der Waals surface area contributed by atoms with E-state index in [1.165, 1.54) is 0 Å². The highest BCUT2D eigenvalue weighted by molar-refractivity contribution is 5.45. The molecule has 2 aromatic rings. The van der Waals surface area contributed by atoms with Crippen LogP contribution < -0.4 is 11.1 Å². The Kier molecular flexibility index (Phi) is 3.02. The average Bonchev–Trinajstić information content (AvgIpc) is 3.15. The number of nitrogens with one attached hydrogen (secondary N) is 1. The number of anilines is 2. The Hall–Kier alpha value is -2.18. The van der Waals surface area contributed by atoms with Gasteiger partial charge in [-0.25, -0.2) is 9.97 Å². The number of hydrogen-bond donors (Lipinski definition) is 2. The van der Waals surface area contributed by atoms with Gasteiger partial charge in [-0.2, -0.15) is 0 Å². The van der Waals surface area contributed by atoms with Crippen LogP contribution in [0.15, 0.2) is 12.4 Å². The van der Waals surface area contributed by atoms with Crippen molar-refractivity contribution in [3.8, 4) is 0 Å². The summed E-state index contributed by atoms with van der Waals surface area (Å²) in [6, 6.07) is 1.75. The molecule has 7 heteroatoms. The third-order valence-electron chi connectivity index (χ3n) is 3.17. The zero-order valence-electron chi connectivity index (χ0n) is 10.9. The Morgan fingerprint density at radius 3 is 3.00 bits per heavy atom. The third-order valence-corrected chi connectivity index (χ3v) is 3.17. The fourth-order valence-electron chi connectivity index (χ4n) is 1.95. The summed E-state index contributed by atoms with van der Waals surface area (Å²) < 4.78 is 1.99. The highest BCUT2D eigenvalue weighted by Crippen LogP contribution is 2.38. The van der Waals surface area contributed by atoms with Gasteiger partial charge in [0.2, 0.25) is 0 Å². The molecule has 0 radical (unpaired) electrons. The minimum atomic E-state index is 0.489. The van der Waals surface area contributed by atoms with Crippen LogP contribution >= 0.6 is 0 Å². The summed E-state index contributed by atoms with van der Waals surface area (Å²) in [5, 5.41) is 11.2. The Balaban J connectivity index is 1.72. The molecule has 1 saturated carbocycles. The summed E-state index contributed by atoms with van der Waals surface area (Å²) in [6.07, 6.45) is 4.04. The smallest absolute Gasteiger partial charge is 0.152 e. The summed E-state index contributed by atoms with van der Waals surface area (Å²) in [7, 11) is 0. The summed E-state index contributed by atoms with van der Waals surface area (Å²) in [5.41, 5.74) is 5.81. The van der Waals surface area contributed by atoms with Crippen LogP contribution in [0.2, 0.25) is 0 Å². The third kappa shape index (κ3) is 2.64. The maximum Gasteiger partial charge on any atom is 0.152 e. The Bertz CT molecular complexity index is 573. The topological polar surface area (TPSA) is 94.5 Å². The first-order valence-corrected chi connectivity index (χ1v) is 6.51. The Morgan fingerprint density at radius 1 is 1.42 bits per heavy atom. The summed E-state index contributed by atoms with van der Waals surface area (Å²) >= 11 is 0. The Labute approximate surface area is 111 Å². The number of hydrogen-bond acceptors (Lipinski definition) is 6. The van der Waals surface area contributed by atoms with Gasteiger partial charge in [-0.3, -0.25) is 0 Å². The molecule has 1 aliphatic carbocycles. The van der Waals surface area contributed by atoms with Crippen LogP contribution in [0, 0.1) is 0 Å². The van der Waals surface area contributed by atoms with E-state index in [-0.39, 0.29) is 0 Å². The fraction of sp³-hybridized carbons (Fsp3) is 0.500. The molecule has 7 nitrogen and oxygen atoms in total. The van der Waals surface area contributed by atoms with E-state index in [9.17, 15) is 0 Å². The lowest BCUT2D eigenvalue weighted by Gasteiger charge is -2.08. The maximum absolute atomic E-state index is 5.81. The van der Waals surface area contributed by atoms with Gasteiger partial charge in [0.25, 0.3) is 0 Å². The summed E-state index contributed by atoms with van der Waals surface area (Å²) in [4.78, 5) is 8.76. The van der Waals surface area contributed by atoms with E-state index in [2.05, 4.69) is 32.4 Å². The van der Waals surface area contributed by atoms with Gasteiger partial charge in [-0.1, -0.05) is 0 Å². The monoisotopic (exact) mass is 259 g/mol. The first-order chi connectivity index (χ1) is 9.26. The van der Waals surface area contributed by atoms with Gasteiger partial charge in [0.05, 0.1) is 6.54 Å². The molecule has 3 rings (SSSR count). The normalized spacial score (nSPS) is 14.6. The number of nitrogens with zero attached hydrogens (tertiary/aromatic N) is 5.